The highest BCUT2D eigenvalue weighted by atomic mass is 35.5. The number of rotatable bonds is 12. The van der Waals surface area contributed by atoms with Crippen LogP contribution in [0.2, 0.25) is 0 Å². The molecule has 0 amide bonds. The molecule has 0 saturated carbocycles. The molecule has 0 aliphatic carbocycles. The molecule has 288 valence electrons. The van der Waals surface area contributed by atoms with Crippen LogP contribution in [-0.4, -0.2) is 38.5 Å². The van der Waals surface area contributed by atoms with Crippen LogP contribution in [0, 0.1) is 5.82 Å². The van der Waals surface area contributed by atoms with E-state index in [1.165, 1.54) is 32.3 Å². The van der Waals surface area contributed by atoms with E-state index in [0.717, 1.165) is 24.3 Å². The minimum atomic E-state index is -5.27. The molecule has 0 bridgehead atoms. The number of hydrogen-bond donors (Lipinski definition) is 1. The summed E-state index contributed by atoms with van der Waals surface area (Å²) in [4.78, 5) is 24.2. The number of benzene rings is 3. The largest absolute Gasteiger partial charge is 1.00 e. The Bertz CT molecular complexity index is 1680. The molecule has 3 aromatic carbocycles. The predicted molar refractivity (Wildman–Crippen MR) is 161 cm³/mol. The van der Waals surface area contributed by atoms with Crippen molar-refractivity contribution in [2.24, 2.45) is 0 Å². The van der Waals surface area contributed by atoms with E-state index in [4.69, 9.17) is 9.47 Å². The number of halogens is 11. The second-order valence-corrected chi connectivity index (χ2v) is 11.6. The molecule has 2 N–H and O–H groups in total. The normalized spacial score (nSPS) is 13.2. The van der Waals surface area contributed by atoms with Gasteiger partial charge in [-0.15, -0.1) is 0 Å². The zero-order valence-corrected chi connectivity index (χ0v) is 28.9. The first-order valence-electron chi connectivity index (χ1n) is 15.3. The summed E-state index contributed by atoms with van der Waals surface area (Å²) in [5, 5.41) is 1.22. The van der Waals surface area contributed by atoms with E-state index < -0.39 is 84.0 Å². The first-order valence-corrected chi connectivity index (χ1v) is 15.3. The van der Waals surface area contributed by atoms with Gasteiger partial charge in [-0.05, 0) is 72.9 Å². The fourth-order valence-corrected chi connectivity index (χ4v) is 5.11. The van der Waals surface area contributed by atoms with Gasteiger partial charge in [0, 0.05) is 17.2 Å². The molecule has 3 rings (SSSR count). The first kappa shape index (κ1) is 43.9. The second-order valence-electron chi connectivity index (χ2n) is 11.6. The number of nitrogens with two attached hydrogens (primary N) is 1. The summed E-state index contributed by atoms with van der Waals surface area (Å²) in [5.74, 6) is -2.04. The molecule has 0 aliphatic rings. The van der Waals surface area contributed by atoms with Gasteiger partial charge in [-0.2, -0.15) is 39.5 Å². The number of carbonyl (C=O) groups excluding carboxylic acids is 2. The number of ether oxygens (including phenoxy) is 4. The standard InChI is InChI=1S/C34H33F10NO6.ClH/c1-6-49-29(46)16-50-31(47)51-30(19-9-22(33(39,40)41)12-23(10-19)34(42,43)44)18(4)45-15-20-11-21(32(36,37)38)7-8-24(20)26-13-25(17(2)3)27(35)14-28(26)48-5;/h7-14,17-18,30,45H,6,15-16H2,1-5H3;1H/t18-,30-;/m0./s1. The topological polar surface area (TPSA) is 87.7 Å². The average molecular weight is 778 g/mol. The maximum Gasteiger partial charge on any atom is 0.509 e. The fraction of sp³-hybridized carbons (Fsp3) is 0.412. The molecule has 7 nitrogen and oxygen atoms in total. The van der Waals surface area contributed by atoms with Gasteiger partial charge in [-0.3, -0.25) is 0 Å². The van der Waals surface area contributed by atoms with Gasteiger partial charge >= 0.3 is 30.7 Å². The van der Waals surface area contributed by atoms with Crippen molar-refractivity contribution in [2.75, 3.05) is 20.3 Å². The maximum absolute atomic E-state index is 14.8. The molecule has 0 spiro atoms. The van der Waals surface area contributed by atoms with Gasteiger partial charge in [-0.1, -0.05) is 19.9 Å². The van der Waals surface area contributed by atoms with Gasteiger partial charge in [0.05, 0.1) is 30.4 Å². The highest BCUT2D eigenvalue weighted by Gasteiger charge is 2.40. The monoisotopic (exact) mass is 777 g/mol. The van der Waals surface area contributed by atoms with Crippen LogP contribution in [0.3, 0.4) is 0 Å². The second kappa shape index (κ2) is 17.5. The molecule has 0 unspecified atom stereocenters. The Kier molecular flexibility index (Phi) is 14.8. The summed E-state index contributed by atoms with van der Waals surface area (Å²) in [5.41, 5.74) is -4.79. The van der Waals surface area contributed by atoms with Gasteiger partial charge in [0.2, 0.25) is 0 Å². The van der Waals surface area contributed by atoms with Gasteiger partial charge in [0.1, 0.15) is 24.2 Å². The number of alkyl halides is 9. The lowest BCUT2D eigenvalue weighted by molar-refractivity contribution is -0.708. The molecule has 0 saturated heterocycles. The van der Waals surface area contributed by atoms with Crippen molar-refractivity contribution in [3.8, 4) is 16.9 Å². The maximum atomic E-state index is 14.8. The minimum Gasteiger partial charge on any atom is -1.00 e. The van der Waals surface area contributed by atoms with Crippen LogP contribution in [0.5, 0.6) is 5.75 Å². The van der Waals surface area contributed by atoms with Crippen molar-refractivity contribution in [3.05, 3.63) is 87.7 Å². The zero-order chi connectivity index (χ0) is 38.5. The van der Waals surface area contributed by atoms with E-state index in [9.17, 15) is 53.5 Å². The molecule has 0 heterocycles. The van der Waals surface area contributed by atoms with Crippen LogP contribution in [0.25, 0.3) is 11.1 Å². The molecule has 52 heavy (non-hydrogen) atoms. The highest BCUT2D eigenvalue weighted by molar-refractivity contribution is 5.75. The van der Waals surface area contributed by atoms with E-state index in [-0.39, 0.29) is 59.0 Å². The molecule has 0 radical (unpaired) electrons. The summed E-state index contributed by atoms with van der Waals surface area (Å²) in [6, 6.07) is 4.39. The summed E-state index contributed by atoms with van der Waals surface area (Å²) in [6.07, 6.45) is -19.0. The molecule has 2 atom stereocenters. The smallest absolute Gasteiger partial charge is 0.509 e. The van der Waals surface area contributed by atoms with Crippen molar-refractivity contribution in [3.63, 3.8) is 0 Å². The molecule has 18 heteroatoms. The van der Waals surface area contributed by atoms with Crippen molar-refractivity contribution >= 4 is 12.1 Å². The van der Waals surface area contributed by atoms with E-state index in [2.05, 4.69) is 9.47 Å². The third-order valence-electron chi connectivity index (χ3n) is 7.63. The van der Waals surface area contributed by atoms with Crippen LogP contribution < -0.4 is 22.5 Å². The Morgan fingerprint density at radius 1 is 0.769 bits per heavy atom. The van der Waals surface area contributed by atoms with E-state index in [1.807, 2.05) is 0 Å². The zero-order valence-electron chi connectivity index (χ0n) is 28.2. The number of quaternary nitrogens is 1. The van der Waals surface area contributed by atoms with Crippen LogP contribution >= 0.6 is 0 Å². The summed E-state index contributed by atoms with van der Waals surface area (Å²) >= 11 is 0. The third kappa shape index (κ3) is 11.4. The Labute approximate surface area is 298 Å². The summed E-state index contributed by atoms with van der Waals surface area (Å²) < 4.78 is 158. The Balaban J connectivity index is 0.00000936. The lowest BCUT2D eigenvalue weighted by Gasteiger charge is -2.25. The molecular formula is C34H34ClF10NO6. The summed E-state index contributed by atoms with van der Waals surface area (Å²) in [7, 11) is 1.22. The van der Waals surface area contributed by atoms with E-state index in [1.54, 1.807) is 13.8 Å². The number of esters is 1. The Morgan fingerprint density at radius 2 is 1.35 bits per heavy atom. The number of hydrogen-bond acceptors (Lipinski definition) is 6. The SMILES string of the molecule is CCOC(=O)COC(=O)O[C@H](c1cc(C(F)(F)F)cc(C(F)(F)F)c1)[C@H](C)[NH2+]Cc1cc(C(F)(F)F)ccc1-c1cc(C(C)C)c(F)cc1OC.[Cl-]. The van der Waals surface area contributed by atoms with Gasteiger partial charge in [-0.25, -0.2) is 14.0 Å². The molecule has 3 aromatic rings. The average Bonchev–Trinajstić information content (AvgIpc) is 3.03. The van der Waals surface area contributed by atoms with Crippen molar-refractivity contribution < 1.29 is 90.2 Å². The van der Waals surface area contributed by atoms with Crippen LogP contribution in [0.4, 0.5) is 48.7 Å². The first-order chi connectivity index (χ1) is 23.6. The predicted octanol–water partition coefficient (Wildman–Crippen LogP) is 5.59. The molecule has 0 fully saturated rings. The van der Waals surface area contributed by atoms with Crippen LogP contribution in [0.1, 0.15) is 73.1 Å². The molecular weight excluding hydrogens is 744 g/mol. The Morgan fingerprint density at radius 3 is 1.85 bits per heavy atom. The lowest BCUT2D eigenvalue weighted by atomic mass is 9.92. The molecule has 0 aromatic heterocycles. The van der Waals surface area contributed by atoms with E-state index >= 15 is 0 Å². The lowest BCUT2D eigenvalue weighted by Crippen LogP contribution is -3.00. The van der Waals surface area contributed by atoms with Gasteiger partial charge < -0.3 is 36.7 Å². The molecule has 0 aliphatic heterocycles. The van der Waals surface area contributed by atoms with Crippen molar-refractivity contribution in [1.29, 1.82) is 0 Å². The third-order valence-corrected chi connectivity index (χ3v) is 7.63. The quantitative estimate of drug-likeness (QED) is 0.191. The van der Waals surface area contributed by atoms with Crippen molar-refractivity contribution in [1.82, 2.24) is 0 Å². The van der Waals surface area contributed by atoms with Gasteiger partial charge in [0.15, 0.2) is 12.7 Å². The van der Waals surface area contributed by atoms with Gasteiger partial charge in [0.25, 0.3) is 0 Å². The van der Waals surface area contributed by atoms with Crippen LogP contribution in [0.15, 0.2) is 48.5 Å². The van der Waals surface area contributed by atoms with Crippen LogP contribution in [-0.2, 0) is 44.1 Å². The minimum absolute atomic E-state index is 0. The fourth-order valence-electron chi connectivity index (χ4n) is 5.11. The number of methoxy groups -OCH3 is 1. The highest BCUT2D eigenvalue weighted by Crippen LogP contribution is 2.40. The Hall–Kier alpha value is -4.25. The summed E-state index contributed by atoms with van der Waals surface area (Å²) in [6.45, 7) is 4.54. The van der Waals surface area contributed by atoms with E-state index in [0.29, 0.717) is 12.1 Å². The van der Waals surface area contributed by atoms with Crippen molar-refractivity contribution in [2.45, 2.75) is 70.8 Å². The number of carbonyl (C=O) groups is 2.